The average Bonchev–Trinajstić information content (AvgIpc) is 3.56. The zero-order valence-electron chi connectivity index (χ0n) is 18.8. The molecule has 0 aliphatic carbocycles. The monoisotopic (exact) mass is 457 g/mol. The number of ether oxygens (including phenoxy) is 1. The first kappa shape index (κ1) is 20.6. The predicted octanol–water partition coefficient (Wildman–Crippen LogP) is 5.04. The van der Waals surface area contributed by atoms with Crippen LogP contribution in [0.1, 0.15) is 6.42 Å². The van der Waals surface area contributed by atoms with Crippen molar-refractivity contribution < 1.29 is 4.74 Å². The minimum absolute atomic E-state index is 0.857. The molecule has 0 atom stereocenters. The van der Waals surface area contributed by atoms with Gasteiger partial charge in [0.1, 0.15) is 10.7 Å². The molecule has 0 N–H and O–H groups in total. The molecule has 0 spiro atoms. The molecule has 0 unspecified atom stereocenters. The van der Waals surface area contributed by atoms with E-state index in [1.807, 2.05) is 19.3 Å². The maximum absolute atomic E-state index is 5.48. The van der Waals surface area contributed by atoms with Crippen molar-refractivity contribution in [2.24, 2.45) is 7.05 Å². The second kappa shape index (κ2) is 8.74. The fraction of sp³-hybridized carbons (Fsp3) is 0.308. The van der Waals surface area contributed by atoms with Crippen LogP contribution in [0.15, 0.2) is 60.4 Å². The van der Waals surface area contributed by atoms with Gasteiger partial charge in [-0.3, -0.25) is 4.90 Å². The second-order valence-corrected chi connectivity index (χ2v) is 9.49. The summed E-state index contributed by atoms with van der Waals surface area (Å²) >= 11 is 1.71. The van der Waals surface area contributed by atoms with Crippen LogP contribution in [-0.2, 0) is 18.3 Å². The van der Waals surface area contributed by atoms with Gasteiger partial charge < -0.3 is 13.9 Å². The van der Waals surface area contributed by atoms with E-state index in [1.54, 1.807) is 11.3 Å². The molecule has 1 fully saturated rings. The molecule has 7 heteroatoms. The molecule has 1 aliphatic rings. The molecule has 5 heterocycles. The number of hydrogen-bond acceptors (Lipinski definition) is 5. The Balaban J connectivity index is 1.30. The molecule has 1 aliphatic heterocycles. The van der Waals surface area contributed by atoms with Crippen LogP contribution in [0.5, 0.6) is 0 Å². The molecular formula is C26H27N5OS. The summed E-state index contributed by atoms with van der Waals surface area (Å²) < 4.78 is 9.95. The van der Waals surface area contributed by atoms with Crippen LogP contribution in [0.4, 0.5) is 0 Å². The number of nitrogens with zero attached hydrogens (tertiary/aromatic N) is 5. The van der Waals surface area contributed by atoms with E-state index in [1.165, 1.54) is 16.5 Å². The lowest BCUT2D eigenvalue weighted by Gasteiger charge is -2.26. The number of para-hydroxylation sites is 1. The Bertz CT molecular complexity index is 1410. The van der Waals surface area contributed by atoms with E-state index in [0.717, 1.165) is 73.1 Å². The lowest BCUT2D eigenvalue weighted by Crippen LogP contribution is -2.37. The predicted molar refractivity (Wildman–Crippen MR) is 135 cm³/mol. The minimum atomic E-state index is 0.857. The first-order chi connectivity index (χ1) is 16.3. The number of rotatable bonds is 6. The summed E-state index contributed by atoms with van der Waals surface area (Å²) in [6.45, 7) is 5.92. The molecule has 6 nitrogen and oxygen atoms in total. The summed E-state index contributed by atoms with van der Waals surface area (Å²) in [5.41, 5.74) is 5.63. The smallest absolute Gasteiger partial charge is 0.140 e. The van der Waals surface area contributed by atoms with Crippen molar-refractivity contribution in [3.8, 4) is 21.8 Å². The van der Waals surface area contributed by atoms with E-state index in [2.05, 4.69) is 67.1 Å². The summed E-state index contributed by atoms with van der Waals surface area (Å²) in [6, 6.07) is 12.8. The molecule has 0 bridgehead atoms. The van der Waals surface area contributed by atoms with Gasteiger partial charge in [-0.2, -0.15) is 0 Å². The number of fused-ring (bicyclic) bond motifs is 2. The molecule has 33 heavy (non-hydrogen) atoms. The first-order valence-electron chi connectivity index (χ1n) is 11.5. The fourth-order valence-corrected chi connectivity index (χ4v) is 5.67. The Labute approximate surface area is 197 Å². The molecule has 1 saturated heterocycles. The number of aromatic nitrogens is 4. The molecule has 0 saturated carbocycles. The molecule has 0 radical (unpaired) electrons. The van der Waals surface area contributed by atoms with Crippen LogP contribution in [0.25, 0.3) is 43.8 Å². The van der Waals surface area contributed by atoms with Gasteiger partial charge in [0.25, 0.3) is 0 Å². The van der Waals surface area contributed by atoms with Crippen molar-refractivity contribution in [3.63, 3.8) is 0 Å². The molecule has 1 aromatic carbocycles. The van der Waals surface area contributed by atoms with Crippen molar-refractivity contribution in [2.75, 3.05) is 32.8 Å². The van der Waals surface area contributed by atoms with E-state index in [9.17, 15) is 0 Å². The van der Waals surface area contributed by atoms with Gasteiger partial charge in [-0.25, -0.2) is 9.97 Å². The summed E-state index contributed by atoms with van der Waals surface area (Å²) in [7, 11) is 2.04. The van der Waals surface area contributed by atoms with E-state index in [4.69, 9.17) is 9.72 Å². The molecule has 168 valence electrons. The third kappa shape index (κ3) is 3.86. The Morgan fingerprint density at radius 1 is 0.970 bits per heavy atom. The summed E-state index contributed by atoms with van der Waals surface area (Å²) in [5, 5.41) is 5.64. The number of benzene rings is 1. The van der Waals surface area contributed by atoms with Crippen LogP contribution in [0.3, 0.4) is 0 Å². The number of hydrogen-bond donors (Lipinski definition) is 0. The normalized spacial score (nSPS) is 15.1. The van der Waals surface area contributed by atoms with Gasteiger partial charge in [-0.05, 0) is 24.6 Å². The van der Waals surface area contributed by atoms with Gasteiger partial charge in [0.2, 0.25) is 0 Å². The maximum atomic E-state index is 5.48. The van der Waals surface area contributed by atoms with Crippen LogP contribution in [0.2, 0.25) is 0 Å². The van der Waals surface area contributed by atoms with Gasteiger partial charge in [0, 0.05) is 84.6 Å². The van der Waals surface area contributed by atoms with Gasteiger partial charge in [-0.15, -0.1) is 11.3 Å². The minimum Gasteiger partial charge on any atom is -0.379 e. The maximum Gasteiger partial charge on any atom is 0.140 e. The highest BCUT2D eigenvalue weighted by Gasteiger charge is 2.17. The Morgan fingerprint density at radius 3 is 2.73 bits per heavy atom. The van der Waals surface area contributed by atoms with Crippen molar-refractivity contribution in [1.82, 2.24) is 24.0 Å². The Hall–Kier alpha value is -3.00. The lowest BCUT2D eigenvalue weighted by molar-refractivity contribution is 0.0370. The van der Waals surface area contributed by atoms with E-state index >= 15 is 0 Å². The highest BCUT2D eigenvalue weighted by molar-refractivity contribution is 7.13. The second-order valence-electron chi connectivity index (χ2n) is 8.63. The van der Waals surface area contributed by atoms with Crippen LogP contribution >= 0.6 is 11.3 Å². The zero-order chi connectivity index (χ0) is 22.2. The highest BCUT2D eigenvalue weighted by Crippen LogP contribution is 2.37. The van der Waals surface area contributed by atoms with Crippen molar-refractivity contribution in [1.29, 1.82) is 0 Å². The number of morpholine rings is 1. The topological polar surface area (TPSA) is 48.1 Å². The molecule has 4 aromatic heterocycles. The standard InChI is InChI=1S/C26H27N5OS/c1-29-16-21(20-7-4-9-27-25(20)29)23-18-33-26(28-23)22-17-31(24-8-3-2-6-19(22)24)11-5-10-30-12-14-32-15-13-30/h2-4,6-9,16-18H,5,10-15H2,1H3. The van der Waals surface area contributed by atoms with Crippen LogP contribution in [-0.4, -0.2) is 56.9 Å². The van der Waals surface area contributed by atoms with Crippen molar-refractivity contribution in [2.45, 2.75) is 13.0 Å². The first-order valence-corrected chi connectivity index (χ1v) is 12.4. The third-order valence-corrected chi connectivity index (χ3v) is 7.39. The molecular weight excluding hydrogens is 430 g/mol. The average molecular weight is 458 g/mol. The van der Waals surface area contributed by atoms with Gasteiger partial charge >= 0.3 is 0 Å². The quantitative estimate of drug-likeness (QED) is 0.358. The molecule has 6 rings (SSSR count). The van der Waals surface area contributed by atoms with E-state index in [-0.39, 0.29) is 0 Å². The number of thiazole rings is 1. The van der Waals surface area contributed by atoms with Crippen molar-refractivity contribution >= 4 is 33.3 Å². The number of pyridine rings is 1. The summed E-state index contributed by atoms with van der Waals surface area (Å²) in [6.07, 6.45) is 7.39. The summed E-state index contributed by atoms with van der Waals surface area (Å²) in [4.78, 5) is 12.1. The fourth-order valence-electron chi connectivity index (χ4n) is 4.83. The number of aryl methyl sites for hydroxylation is 2. The van der Waals surface area contributed by atoms with Crippen LogP contribution < -0.4 is 0 Å². The largest absolute Gasteiger partial charge is 0.379 e. The van der Waals surface area contributed by atoms with Gasteiger partial charge in [-0.1, -0.05) is 18.2 Å². The van der Waals surface area contributed by atoms with E-state index in [0.29, 0.717) is 0 Å². The van der Waals surface area contributed by atoms with E-state index < -0.39 is 0 Å². The highest BCUT2D eigenvalue weighted by atomic mass is 32.1. The van der Waals surface area contributed by atoms with Gasteiger partial charge in [0.05, 0.1) is 18.9 Å². The SMILES string of the molecule is Cn1cc(-c2csc(-c3cn(CCCN4CCOCC4)c4ccccc34)n2)c2cccnc21. The molecule has 5 aromatic rings. The Morgan fingerprint density at radius 2 is 1.82 bits per heavy atom. The Kier molecular flexibility index (Phi) is 5.46. The lowest BCUT2D eigenvalue weighted by atomic mass is 10.1. The molecule has 0 amide bonds. The van der Waals surface area contributed by atoms with Gasteiger partial charge in [0.15, 0.2) is 0 Å². The van der Waals surface area contributed by atoms with Crippen LogP contribution in [0, 0.1) is 0 Å². The summed E-state index contributed by atoms with van der Waals surface area (Å²) in [5.74, 6) is 0. The zero-order valence-corrected chi connectivity index (χ0v) is 19.6. The third-order valence-electron chi connectivity index (χ3n) is 6.51. The van der Waals surface area contributed by atoms with Crippen molar-refractivity contribution in [3.05, 3.63) is 60.4 Å².